The second-order valence-corrected chi connectivity index (χ2v) is 7.30. The van der Waals surface area contributed by atoms with E-state index in [0.29, 0.717) is 6.54 Å². The average Bonchev–Trinajstić information content (AvgIpc) is 2.63. The number of piperidine rings is 1. The summed E-state index contributed by atoms with van der Waals surface area (Å²) in [4.78, 5) is 2.43. The number of hydrogen-bond donors (Lipinski definition) is 2. The Kier molecular flexibility index (Phi) is 6.62. The number of benzene rings is 2. The summed E-state index contributed by atoms with van der Waals surface area (Å²) >= 11 is 0. The van der Waals surface area contributed by atoms with Crippen molar-refractivity contribution in [2.24, 2.45) is 5.92 Å². The lowest BCUT2D eigenvalue weighted by Gasteiger charge is -2.31. The van der Waals surface area contributed by atoms with Gasteiger partial charge in [0.05, 0.1) is 6.10 Å². The van der Waals surface area contributed by atoms with Crippen molar-refractivity contribution in [1.82, 2.24) is 10.2 Å². The number of aryl methyl sites for hydroxylation is 1. The van der Waals surface area contributed by atoms with E-state index in [0.717, 1.165) is 37.7 Å². The number of hydrogen-bond acceptors (Lipinski definition) is 3. The molecule has 0 spiro atoms. The molecule has 2 aromatic rings. The molecule has 3 heteroatoms. The highest BCUT2D eigenvalue weighted by molar-refractivity contribution is 5.24. The zero-order valence-corrected chi connectivity index (χ0v) is 15.2. The van der Waals surface area contributed by atoms with Crippen molar-refractivity contribution in [3.05, 3.63) is 71.3 Å². The molecule has 3 rings (SSSR count). The Morgan fingerprint density at radius 1 is 1.08 bits per heavy atom. The molecule has 2 N–H and O–H groups in total. The third kappa shape index (κ3) is 5.67. The van der Waals surface area contributed by atoms with E-state index in [1.807, 2.05) is 12.1 Å². The van der Waals surface area contributed by atoms with Crippen LogP contribution in [-0.2, 0) is 6.54 Å². The topological polar surface area (TPSA) is 35.5 Å². The molecule has 1 aliphatic heterocycles. The lowest BCUT2D eigenvalue weighted by molar-refractivity contribution is 0.0939. The van der Waals surface area contributed by atoms with E-state index in [-0.39, 0.29) is 0 Å². The third-order valence-corrected chi connectivity index (χ3v) is 5.08. The Labute approximate surface area is 151 Å². The summed E-state index contributed by atoms with van der Waals surface area (Å²) in [7, 11) is 0. The van der Waals surface area contributed by atoms with E-state index in [2.05, 4.69) is 59.6 Å². The van der Waals surface area contributed by atoms with E-state index in [9.17, 15) is 5.11 Å². The molecule has 0 aliphatic carbocycles. The summed E-state index contributed by atoms with van der Waals surface area (Å²) < 4.78 is 0. The van der Waals surface area contributed by atoms with E-state index >= 15 is 0 Å². The van der Waals surface area contributed by atoms with Gasteiger partial charge in [0.1, 0.15) is 0 Å². The largest absolute Gasteiger partial charge is 0.387 e. The highest BCUT2D eigenvalue weighted by Gasteiger charge is 2.20. The summed E-state index contributed by atoms with van der Waals surface area (Å²) in [6, 6.07) is 18.8. The van der Waals surface area contributed by atoms with Gasteiger partial charge in [-0.05, 0) is 49.9 Å². The highest BCUT2D eigenvalue weighted by Crippen LogP contribution is 2.20. The first-order valence-corrected chi connectivity index (χ1v) is 9.42. The van der Waals surface area contributed by atoms with Crippen LogP contribution in [0.2, 0.25) is 0 Å². The zero-order chi connectivity index (χ0) is 17.5. The molecule has 1 fully saturated rings. The first-order chi connectivity index (χ1) is 12.2. The lowest BCUT2D eigenvalue weighted by atomic mass is 9.96. The van der Waals surface area contributed by atoms with Gasteiger partial charge in [-0.15, -0.1) is 0 Å². The van der Waals surface area contributed by atoms with Gasteiger partial charge in [0.25, 0.3) is 0 Å². The van der Waals surface area contributed by atoms with Crippen LogP contribution in [0.25, 0.3) is 0 Å². The van der Waals surface area contributed by atoms with Crippen molar-refractivity contribution in [3.63, 3.8) is 0 Å². The van der Waals surface area contributed by atoms with Gasteiger partial charge in [-0.25, -0.2) is 0 Å². The predicted molar refractivity (Wildman–Crippen MR) is 103 cm³/mol. The van der Waals surface area contributed by atoms with Crippen LogP contribution >= 0.6 is 0 Å². The molecule has 25 heavy (non-hydrogen) atoms. The number of rotatable bonds is 7. The number of nitrogens with one attached hydrogen (secondary N) is 1. The molecule has 1 atom stereocenters. The van der Waals surface area contributed by atoms with Crippen LogP contribution in [0.5, 0.6) is 0 Å². The minimum absolute atomic E-state index is 0.440. The third-order valence-electron chi connectivity index (χ3n) is 5.08. The minimum Gasteiger partial charge on any atom is -0.387 e. The predicted octanol–water partition coefficient (Wildman–Crippen LogP) is 3.53. The fourth-order valence-electron chi connectivity index (χ4n) is 3.70. The Balaban J connectivity index is 1.68. The zero-order valence-electron chi connectivity index (χ0n) is 15.2. The SMILES string of the molecule is Cc1cccc(C(O)CN(Cc2ccccc2)CC2CCNCC2)c1. The molecule has 1 unspecified atom stereocenters. The van der Waals surface area contributed by atoms with Crippen molar-refractivity contribution < 1.29 is 5.11 Å². The maximum Gasteiger partial charge on any atom is 0.0917 e. The molecule has 1 saturated heterocycles. The molecule has 2 aromatic carbocycles. The molecule has 0 aromatic heterocycles. The molecular weight excluding hydrogens is 308 g/mol. The number of nitrogens with zero attached hydrogens (tertiary/aromatic N) is 1. The summed E-state index contributed by atoms with van der Waals surface area (Å²) in [5, 5.41) is 14.2. The van der Waals surface area contributed by atoms with Gasteiger partial charge in [-0.2, -0.15) is 0 Å². The first-order valence-electron chi connectivity index (χ1n) is 9.42. The molecule has 134 valence electrons. The van der Waals surface area contributed by atoms with Crippen LogP contribution in [0, 0.1) is 12.8 Å². The Bertz CT molecular complexity index is 637. The van der Waals surface area contributed by atoms with Crippen molar-refractivity contribution in [1.29, 1.82) is 0 Å². The van der Waals surface area contributed by atoms with Gasteiger partial charge < -0.3 is 10.4 Å². The Morgan fingerprint density at radius 3 is 2.56 bits per heavy atom. The van der Waals surface area contributed by atoms with Gasteiger partial charge >= 0.3 is 0 Å². The van der Waals surface area contributed by atoms with Crippen molar-refractivity contribution >= 4 is 0 Å². The summed E-state index contributed by atoms with van der Waals surface area (Å²) in [5.41, 5.74) is 3.53. The fraction of sp³-hybridized carbons (Fsp3) is 0.455. The normalized spacial score (nSPS) is 16.9. The van der Waals surface area contributed by atoms with E-state index in [1.54, 1.807) is 0 Å². The van der Waals surface area contributed by atoms with Gasteiger partial charge in [0, 0.05) is 19.6 Å². The van der Waals surface area contributed by atoms with Gasteiger partial charge in [-0.1, -0.05) is 60.2 Å². The van der Waals surface area contributed by atoms with Crippen LogP contribution in [-0.4, -0.2) is 36.2 Å². The molecule has 0 amide bonds. The molecule has 0 radical (unpaired) electrons. The Hall–Kier alpha value is -1.68. The van der Waals surface area contributed by atoms with E-state index in [1.165, 1.54) is 24.0 Å². The lowest BCUT2D eigenvalue weighted by Crippen LogP contribution is -2.37. The number of aliphatic hydroxyl groups excluding tert-OH is 1. The smallest absolute Gasteiger partial charge is 0.0917 e. The first kappa shape index (κ1) is 18.1. The molecule has 1 heterocycles. The summed E-state index contributed by atoms with van der Waals surface area (Å²) in [5.74, 6) is 0.717. The maximum atomic E-state index is 10.8. The second-order valence-electron chi connectivity index (χ2n) is 7.30. The van der Waals surface area contributed by atoms with Crippen molar-refractivity contribution in [2.75, 3.05) is 26.2 Å². The van der Waals surface area contributed by atoms with Crippen LogP contribution in [0.15, 0.2) is 54.6 Å². The van der Waals surface area contributed by atoms with Crippen LogP contribution < -0.4 is 5.32 Å². The van der Waals surface area contributed by atoms with Crippen molar-refractivity contribution in [2.45, 2.75) is 32.4 Å². The monoisotopic (exact) mass is 338 g/mol. The molecule has 3 nitrogen and oxygen atoms in total. The summed E-state index contributed by atoms with van der Waals surface area (Å²) in [6.07, 6.45) is 2.02. The van der Waals surface area contributed by atoms with Crippen LogP contribution in [0.4, 0.5) is 0 Å². The molecule has 1 aliphatic rings. The summed E-state index contributed by atoms with van der Waals surface area (Å²) in [6.45, 7) is 6.94. The minimum atomic E-state index is -0.440. The van der Waals surface area contributed by atoms with E-state index in [4.69, 9.17) is 0 Å². The quantitative estimate of drug-likeness (QED) is 0.811. The highest BCUT2D eigenvalue weighted by atomic mass is 16.3. The average molecular weight is 338 g/mol. The standard InChI is InChI=1S/C22H30N2O/c1-18-6-5-9-21(14-18)22(25)17-24(15-19-7-3-2-4-8-19)16-20-10-12-23-13-11-20/h2-9,14,20,22-23,25H,10-13,15-17H2,1H3. The second kappa shape index (κ2) is 9.14. The van der Waals surface area contributed by atoms with Gasteiger partial charge in [0.15, 0.2) is 0 Å². The van der Waals surface area contributed by atoms with Gasteiger partial charge in [-0.3, -0.25) is 4.90 Å². The fourth-order valence-corrected chi connectivity index (χ4v) is 3.70. The van der Waals surface area contributed by atoms with Gasteiger partial charge in [0.2, 0.25) is 0 Å². The Morgan fingerprint density at radius 2 is 1.84 bits per heavy atom. The van der Waals surface area contributed by atoms with E-state index < -0.39 is 6.10 Å². The molecular formula is C22H30N2O. The number of aliphatic hydroxyl groups is 1. The van der Waals surface area contributed by atoms with Crippen molar-refractivity contribution in [3.8, 4) is 0 Å². The molecule has 0 saturated carbocycles. The van der Waals surface area contributed by atoms with Crippen LogP contribution in [0.1, 0.15) is 35.6 Å². The molecule has 0 bridgehead atoms. The maximum absolute atomic E-state index is 10.8. The van der Waals surface area contributed by atoms with Crippen LogP contribution in [0.3, 0.4) is 0 Å².